The number of rotatable bonds is 11. The minimum atomic E-state index is -1.22. The van der Waals surface area contributed by atoms with E-state index < -0.39 is 29.0 Å². The fourth-order valence-electron chi connectivity index (χ4n) is 4.23. The summed E-state index contributed by atoms with van der Waals surface area (Å²) in [5.41, 5.74) is 0.0735. The van der Waals surface area contributed by atoms with Crippen LogP contribution in [0.1, 0.15) is 19.3 Å². The first-order valence-corrected chi connectivity index (χ1v) is 13.2. The normalized spacial score (nSPS) is 12.9. The third kappa shape index (κ3) is 6.93. The highest BCUT2D eigenvalue weighted by Crippen LogP contribution is 2.48. The van der Waals surface area contributed by atoms with Gasteiger partial charge < -0.3 is 36.1 Å². The van der Waals surface area contributed by atoms with Gasteiger partial charge in [-0.3, -0.25) is 19.4 Å². The number of anilines is 2. The zero-order valence-corrected chi connectivity index (χ0v) is 23.7. The number of fused-ring (bicyclic) bond motifs is 1. The summed E-state index contributed by atoms with van der Waals surface area (Å²) in [6.07, 6.45) is 2.13. The molecule has 3 aromatic carbocycles. The van der Waals surface area contributed by atoms with Crippen LogP contribution in [-0.2, 0) is 14.4 Å². The molecule has 1 saturated carbocycles. The van der Waals surface area contributed by atoms with E-state index in [9.17, 15) is 18.8 Å². The minimum absolute atomic E-state index is 0. The third-order valence-electron chi connectivity index (χ3n) is 6.69. The number of hydrogen-bond acceptors (Lipinski definition) is 8. The monoisotopic (exact) mass is 610 g/mol. The highest BCUT2D eigenvalue weighted by molar-refractivity contribution is 6.32. The lowest BCUT2D eigenvalue weighted by molar-refractivity contribution is -0.137. The van der Waals surface area contributed by atoms with Crippen molar-refractivity contribution in [2.24, 2.45) is 5.41 Å². The first-order chi connectivity index (χ1) is 20.2. The van der Waals surface area contributed by atoms with Crippen LogP contribution >= 0.6 is 11.6 Å². The van der Waals surface area contributed by atoms with Crippen LogP contribution in [-0.4, -0.2) is 41.6 Å². The number of aromatic nitrogens is 1. The first-order valence-electron chi connectivity index (χ1n) is 12.9. The quantitative estimate of drug-likeness (QED) is 0.144. The van der Waals surface area contributed by atoms with Crippen molar-refractivity contribution in [2.45, 2.75) is 19.3 Å². The molecule has 43 heavy (non-hydrogen) atoms. The van der Waals surface area contributed by atoms with Gasteiger partial charge in [-0.1, -0.05) is 11.6 Å². The average molecular weight is 611 g/mol. The topological polar surface area (TPSA) is 171 Å². The molecule has 1 aromatic heterocycles. The zero-order valence-electron chi connectivity index (χ0n) is 23.0. The molecule has 1 aliphatic rings. The van der Waals surface area contributed by atoms with Crippen LogP contribution in [0.5, 0.6) is 23.0 Å². The second kappa shape index (κ2) is 12.9. The molecular formula is C30H28ClFN4O7. The van der Waals surface area contributed by atoms with Crippen LogP contribution in [0.3, 0.4) is 0 Å². The molecule has 0 saturated heterocycles. The summed E-state index contributed by atoms with van der Waals surface area (Å²) in [6, 6.07) is 15.0. The van der Waals surface area contributed by atoms with Gasteiger partial charge in [0.1, 0.15) is 22.7 Å². The predicted molar refractivity (Wildman–Crippen MR) is 158 cm³/mol. The summed E-state index contributed by atoms with van der Waals surface area (Å²) in [4.78, 5) is 41.0. The summed E-state index contributed by atoms with van der Waals surface area (Å²) in [5.74, 6) is -0.913. The molecule has 0 unspecified atom stereocenters. The number of methoxy groups -OCH3 is 1. The molecule has 2 amide bonds. The Hall–Kier alpha value is -4.94. The molecule has 1 fully saturated rings. The summed E-state index contributed by atoms with van der Waals surface area (Å²) in [6.45, 7) is -0.0358. The lowest BCUT2D eigenvalue weighted by Crippen LogP contribution is -2.35. The van der Waals surface area contributed by atoms with Crippen molar-refractivity contribution in [3.05, 3.63) is 77.7 Å². The molecule has 6 N–H and O–H groups in total. The lowest BCUT2D eigenvalue weighted by atomic mass is 10.0. The van der Waals surface area contributed by atoms with Crippen LogP contribution in [0.25, 0.3) is 10.9 Å². The van der Waals surface area contributed by atoms with E-state index in [1.807, 2.05) is 0 Å². The van der Waals surface area contributed by atoms with Gasteiger partial charge in [0.05, 0.1) is 30.7 Å². The molecule has 0 radical (unpaired) electrons. The number of carbonyl (C=O) groups is 3. The zero-order chi connectivity index (χ0) is 29.9. The maximum Gasteiger partial charge on any atom is 0.306 e. The number of benzene rings is 3. The molecule has 1 aliphatic carbocycles. The van der Waals surface area contributed by atoms with Crippen molar-refractivity contribution in [3.8, 4) is 23.0 Å². The van der Waals surface area contributed by atoms with E-state index in [-0.39, 0.29) is 24.2 Å². The van der Waals surface area contributed by atoms with Crippen molar-refractivity contribution < 1.29 is 38.1 Å². The van der Waals surface area contributed by atoms with Crippen LogP contribution in [0.4, 0.5) is 15.8 Å². The first kappa shape index (κ1) is 31.0. The summed E-state index contributed by atoms with van der Waals surface area (Å²) < 4.78 is 30.2. The van der Waals surface area contributed by atoms with Gasteiger partial charge in [0.15, 0.2) is 11.5 Å². The van der Waals surface area contributed by atoms with Crippen LogP contribution < -0.4 is 31.0 Å². The van der Waals surface area contributed by atoms with E-state index in [2.05, 4.69) is 15.6 Å². The Bertz CT molecular complexity index is 1680. The predicted octanol–water partition coefficient (Wildman–Crippen LogP) is 6.20. The van der Waals surface area contributed by atoms with Crippen LogP contribution in [0.15, 0.2) is 66.9 Å². The number of hydrogen-bond donors (Lipinski definition) is 4. The largest absolute Gasteiger partial charge is 0.493 e. The lowest BCUT2D eigenvalue weighted by Gasteiger charge is -2.17. The fourth-order valence-corrected chi connectivity index (χ4v) is 4.45. The van der Waals surface area contributed by atoms with E-state index >= 15 is 0 Å². The maximum atomic E-state index is 13.2. The Labute approximate surface area is 250 Å². The molecule has 0 atom stereocenters. The van der Waals surface area contributed by atoms with Gasteiger partial charge in [-0.15, -0.1) is 0 Å². The summed E-state index contributed by atoms with van der Waals surface area (Å²) >= 11 is 6.50. The molecule has 13 heteroatoms. The number of pyridine rings is 1. The molecule has 0 spiro atoms. The van der Waals surface area contributed by atoms with E-state index in [1.165, 1.54) is 37.4 Å². The Morgan fingerprint density at radius 1 is 0.930 bits per heavy atom. The number of ether oxygens (including phenoxy) is 3. The van der Waals surface area contributed by atoms with Crippen molar-refractivity contribution in [2.75, 3.05) is 24.4 Å². The van der Waals surface area contributed by atoms with Gasteiger partial charge in [-0.05, 0) is 67.4 Å². The SMILES string of the molecule is COc1cc2c(Oc3ccc(NC(=O)C4(C(=O)Nc5ccc(F)cc5)CC4)cc3Cl)ccnc2cc1OCCC(=O)O.N. The van der Waals surface area contributed by atoms with Crippen LogP contribution in [0, 0.1) is 11.2 Å². The number of halogens is 2. The number of nitrogens with zero attached hydrogens (tertiary/aromatic N) is 1. The summed E-state index contributed by atoms with van der Waals surface area (Å²) in [5, 5.41) is 15.1. The van der Waals surface area contributed by atoms with E-state index in [0.717, 1.165) is 0 Å². The molecule has 5 rings (SSSR count). The number of amides is 2. The Kier molecular flexibility index (Phi) is 9.32. The average Bonchev–Trinajstić information content (AvgIpc) is 3.78. The Morgan fingerprint density at radius 3 is 2.23 bits per heavy atom. The Balaban J connectivity index is 0.00000423. The number of carbonyl (C=O) groups excluding carboxylic acids is 2. The molecule has 224 valence electrons. The van der Waals surface area contributed by atoms with Gasteiger partial charge in [-0.25, -0.2) is 4.39 Å². The fraction of sp³-hybridized carbons (Fsp3) is 0.200. The van der Waals surface area contributed by atoms with Crippen molar-refractivity contribution in [1.29, 1.82) is 0 Å². The molecular weight excluding hydrogens is 583 g/mol. The molecule has 0 aliphatic heterocycles. The van der Waals surface area contributed by atoms with Gasteiger partial charge in [0, 0.05) is 29.0 Å². The Morgan fingerprint density at radius 2 is 1.60 bits per heavy atom. The maximum absolute atomic E-state index is 13.2. The minimum Gasteiger partial charge on any atom is -0.493 e. The summed E-state index contributed by atoms with van der Waals surface area (Å²) in [7, 11) is 1.46. The number of carboxylic acids is 1. The number of nitrogens with one attached hydrogen (secondary N) is 2. The molecule has 0 bridgehead atoms. The van der Waals surface area contributed by atoms with Crippen molar-refractivity contribution in [1.82, 2.24) is 11.1 Å². The second-order valence-electron chi connectivity index (χ2n) is 9.57. The molecule has 1 heterocycles. The third-order valence-corrected chi connectivity index (χ3v) is 6.99. The highest BCUT2D eigenvalue weighted by Gasteiger charge is 2.56. The standard InChI is InChI=1S/C30H25ClFN3O7.H3N/c1-40-25-15-20-22(16-26(25)41-13-9-27(36)37)33-12-8-23(20)42-24-7-6-19(14-21(24)31)35-29(39)30(10-11-30)28(38)34-18-4-2-17(32)3-5-18;/h2-8,12,14-16H,9-11,13H2,1H3,(H,34,38)(H,35,39)(H,36,37);1H3. The van der Waals surface area contributed by atoms with E-state index in [0.29, 0.717) is 58.1 Å². The van der Waals surface area contributed by atoms with Crippen molar-refractivity contribution >= 4 is 51.7 Å². The van der Waals surface area contributed by atoms with Crippen molar-refractivity contribution in [3.63, 3.8) is 0 Å². The number of aliphatic carboxylic acids is 1. The molecule has 4 aromatic rings. The van der Waals surface area contributed by atoms with Gasteiger partial charge in [-0.2, -0.15) is 0 Å². The van der Waals surface area contributed by atoms with E-state index in [1.54, 1.807) is 36.5 Å². The van der Waals surface area contributed by atoms with E-state index in [4.69, 9.17) is 30.9 Å². The highest BCUT2D eigenvalue weighted by atomic mass is 35.5. The second-order valence-corrected chi connectivity index (χ2v) is 9.97. The number of carboxylic acid groups (broad SMARTS) is 1. The smallest absolute Gasteiger partial charge is 0.306 e. The molecule has 11 nitrogen and oxygen atoms in total. The van der Waals surface area contributed by atoms with Gasteiger partial charge in [0.2, 0.25) is 11.8 Å². The van der Waals surface area contributed by atoms with Crippen LogP contribution in [0.2, 0.25) is 5.02 Å². The van der Waals surface area contributed by atoms with Gasteiger partial charge in [0.25, 0.3) is 0 Å². The van der Waals surface area contributed by atoms with Gasteiger partial charge >= 0.3 is 5.97 Å².